The van der Waals surface area contributed by atoms with Crippen molar-refractivity contribution in [2.45, 2.75) is 33.1 Å². The molecule has 0 aromatic carbocycles. The molecule has 0 saturated carbocycles. The number of nitrogens with zero attached hydrogens (tertiary/aromatic N) is 2. The number of aromatic nitrogens is 1. The molecule has 3 nitrogen and oxygen atoms in total. The number of piperidine rings is 1. The van der Waals surface area contributed by atoms with Crippen molar-refractivity contribution in [2.24, 2.45) is 5.41 Å². The minimum Gasteiger partial charge on any atom is -0.371 e. The standard InChI is InChI=1S/C15H23N3/c1-12-9-14(10-13(2)17-12)18-7-4-15(5-8-18)3-6-16-11-15/h9-10,16H,3-8,11H2,1-2H3. The van der Waals surface area contributed by atoms with Gasteiger partial charge in [-0.2, -0.15) is 0 Å². The van der Waals surface area contributed by atoms with Crippen molar-refractivity contribution in [3.63, 3.8) is 0 Å². The van der Waals surface area contributed by atoms with E-state index in [-0.39, 0.29) is 0 Å². The third-order valence-corrected chi connectivity index (χ3v) is 4.59. The first kappa shape index (κ1) is 12.0. The fourth-order valence-corrected chi connectivity index (χ4v) is 3.46. The molecule has 0 unspecified atom stereocenters. The van der Waals surface area contributed by atoms with Gasteiger partial charge in [0.1, 0.15) is 0 Å². The highest BCUT2D eigenvalue weighted by Gasteiger charge is 2.36. The summed E-state index contributed by atoms with van der Waals surface area (Å²) < 4.78 is 0. The van der Waals surface area contributed by atoms with E-state index in [1.807, 2.05) is 0 Å². The average Bonchev–Trinajstić information content (AvgIpc) is 2.77. The van der Waals surface area contributed by atoms with Gasteiger partial charge in [0.2, 0.25) is 0 Å². The van der Waals surface area contributed by atoms with E-state index in [2.05, 4.69) is 41.2 Å². The summed E-state index contributed by atoms with van der Waals surface area (Å²) in [5, 5.41) is 3.53. The molecule has 3 heterocycles. The Morgan fingerprint density at radius 3 is 2.33 bits per heavy atom. The lowest BCUT2D eigenvalue weighted by Crippen LogP contribution is -2.41. The van der Waals surface area contributed by atoms with Crippen LogP contribution in [0.4, 0.5) is 5.69 Å². The van der Waals surface area contributed by atoms with Gasteiger partial charge in [-0.1, -0.05) is 0 Å². The molecule has 3 rings (SSSR count). The van der Waals surface area contributed by atoms with Crippen LogP contribution in [0.5, 0.6) is 0 Å². The van der Waals surface area contributed by atoms with Gasteiger partial charge in [-0.3, -0.25) is 4.98 Å². The van der Waals surface area contributed by atoms with Crippen molar-refractivity contribution in [1.29, 1.82) is 0 Å². The highest BCUT2D eigenvalue weighted by Crippen LogP contribution is 2.38. The molecule has 0 atom stereocenters. The van der Waals surface area contributed by atoms with Gasteiger partial charge in [-0.25, -0.2) is 0 Å². The molecule has 0 radical (unpaired) electrons. The monoisotopic (exact) mass is 245 g/mol. The Balaban J connectivity index is 1.72. The smallest absolute Gasteiger partial charge is 0.0402 e. The Labute approximate surface area is 110 Å². The first-order valence-electron chi connectivity index (χ1n) is 7.08. The van der Waals surface area contributed by atoms with Crippen molar-refractivity contribution in [3.05, 3.63) is 23.5 Å². The fourth-order valence-electron chi connectivity index (χ4n) is 3.46. The van der Waals surface area contributed by atoms with Crippen LogP contribution < -0.4 is 10.2 Å². The van der Waals surface area contributed by atoms with Gasteiger partial charge in [0.25, 0.3) is 0 Å². The molecule has 1 N–H and O–H groups in total. The predicted molar refractivity (Wildman–Crippen MR) is 75.1 cm³/mol. The molecule has 0 bridgehead atoms. The molecule has 1 spiro atoms. The average molecular weight is 245 g/mol. The van der Waals surface area contributed by atoms with Crippen LogP contribution in [0, 0.1) is 19.3 Å². The summed E-state index contributed by atoms with van der Waals surface area (Å²) >= 11 is 0. The van der Waals surface area contributed by atoms with E-state index >= 15 is 0 Å². The molecule has 0 aliphatic carbocycles. The third kappa shape index (κ3) is 2.24. The molecule has 3 heteroatoms. The second kappa shape index (κ2) is 4.54. The number of nitrogens with one attached hydrogen (secondary N) is 1. The summed E-state index contributed by atoms with van der Waals surface area (Å²) in [5.74, 6) is 0. The molecular formula is C15H23N3. The molecule has 98 valence electrons. The first-order valence-corrected chi connectivity index (χ1v) is 7.08. The third-order valence-electron chi connectivity index (χ3n) is 4.59. The second-order valence-corrected chi connectivity index (χ2v) is 6.02. The Morgan fingerprint density at radius 2 is 1.78 bits per heavy atom. The Morgan fingerprint density at radius 1 is 1.11 bits per heavy atom. The van der Waals surface area contributed by atoms with E-state index in [0.717, 1.165) is 11.4 Å². The SMILES string of the molecule is Cc1cc(N2CCC3(CCNC3)CC2)cc(C)n1. The number of pyridine rings is 1. The van der Waals surface area contributed by atoms with E-state index in [1.165, 1.54) is 51.1 Å². The Bertz CT molecular complexity index is 405. The van der Waals surface area contributed by atoms with E-state index in [0.29, 0.717) is 5.41 Å². The van der Waals surface area contributed by atoms with Crippen LogP contribution in [-0.4, -0.2) is 31.2 Å². The number of hydrogen-bond donors (Lipinski definition) is 1. The van der Waals surface area contributed by atoms with Crippen molar-refractivity contribution in [3.8, 4) is 0 Å². The molecular weight excluding hydrogens is 222 g/mol. The van der Waals surface area contributed by atoms with Crippen molar-refractivity contribution in [1.82, 2.24) is 10.3 Å². The van der Waals surface area contributed by atoms with Gasteiger partial charge in [0.15, 0.2) is 0 Å². The molecule has 2 aliphatic heterocycles. The maximum atomic E-state index is 4.46. The molecule has 2 saturated heterocycles. The van der Waals surface area contributed by atoms with Crippen molar-refractivity contribution >= 4 is 5.69 Å². The highest BCUT2D eigenvalue weighted by molar-refractivity contribution is 5.48. The fraction of sp³-hybridized carbons (Fsp3) is 0.667. The number of hydrogen-bond acceptors (Lipinski definition) is 3. The predicted octanol–water partition coefficient (Wildman–Crippen LogP) is 2.28. The zero-order valence-electron chi connectivity index (χ0n) is 11.5. The van der Waals surface area contributed by atoms with Gasteiger partial charge in [-0.15, -0.1) is 0 Å². The van der Waals surface area contributed by atoms with Crippen molar-refractivity contribution < 1.29 is 0 Å². The minimum absolute atomic E-state index is 0.605. The summed E-state index contributed by atoms with van der Waals surface area (Å²) in [6.07, 6.45) is 4.04. The normalized spacial score (nSPS) is 22.7. The zero-order chi connectivity index (χ0) is 12.6. The van der Waals surface area contributed by atoms with Gasteiger partial charge in [-0.05, 0) is 57.2 Å². The lowest BCUT2D eigenvalue weighted by molar-refractivity contribution is 0.247. The van der Waals surface area contributed by atoms with E-state index in [4.69, 9.17) is 0 Å². The van der Waals surface area contributed by atoms with Gasteiger partial charge < -0.3 is 10.2 Å². The van der Waals surface area contributed by atoms with Crippen LogP contribution in [0.3, 0.4) is 0 Å². The van der Waals surface area contributed by atoms with E-state index in [1.54, 1.807) is 0 Å². The molecule has 2 aliphatic rings. The lowest BCUT2D eigenvalue weighted by atomic mass is 9.78. The summed E-state index contributed by atoms with van der Waals surface area (Å²) in [5.41, 5.74) is 4.23. The topological polar surface area (TPSA) is 28.2 Å². The molecule has 2 fully saturated rings. The number of anilines is 1. The lowest BCUT2D eigenvalue weighted by Gasteiger charge is -2.40. The number of aryl methyl sites for hydroxylation is 2. The largest absolute Gasteiger partial charge is 0.371 e. The van der Waals surface area contributed by atoms with Crippen LogP contribution in [0.25, 0.3) is 0 Å². The molecule has 0 amide bonds. The second-order valence-electron chi connectivity index (χ2n) is 6.02. The van der Waals surface area contributed by atoms with Gasteiger partial charge in [0.05, 0.1) is 0 Å². The van der Waals surface area contributed by atoms with E-state index in [9.17, 15) is 0 Å². The highest BCUT2D eigenvalue weighted by atomic mass is 15.1. The van der Waals surface area contributed by atoms with E-state index < -0.39 is 0 Å². The first-order chi connectivity index (χ1) is 8.67. The Kier molecular flexibility index (Phi) is 3.02. The maximum Gasteiger partial charge on any atom is 0.0402 e. The minimum atomic E-state index is 0.605. The summed E-state index contributed by atoms with van der Waals surface area (Å²) in [4.78, 5) is 7.00. The maximum absolute atomic E-state index is 4.46. The summed E-state index contributed by atoms with van der Waals surface area (Å²) in [6, 6.07) is 4.44. The Hall–Kier alpha value is -1.09. The number of rotatable bonds is 1. The zero-order valence-corrected chi connectivity index (χ0v) is 11.5. The van der Waals surface area contributed by atoms with Crippen LogP contribution >= 0.6 is 0 Å². The molecule has 1 aromatic heterocycles. The van der Waals surface area contributed by atoms with Crippen LogP contribution in [-0.2, 0) is 0 Å². The van der Waals surface area contributed by atoms with Gasteiger partial charge in [0, 0.05) is 36.7 Å². The van der Waals surface area contributed by atoms with Gasteiger partial charge >= 0.3 is 0 Å². The summed E-state index contributed by atoms with van der Waals surface area (Å²) in [7, 11) is 0. The van der Waals surface area contributed by atoms with Crippen molar-refractivity contribution in [2.75, 3.05) is 31.1 Å². The van der Waals surface area contributed by atoms with Crippen LogP contribution in [0.2, 0.25) is 0 Å². The van der Waals surface area contributed by atoms with Crippen LogP contribution in [0.15, 0.2) is 12.1 Å². The molecule has 18 heavy (non-hydrogen) atoms. The summed E-state index contributed by atoms with van der Waals surface area (Å²) in [6.45, 7) is 9.02. The van der Waals surface area contributed by atoms with Crippen LogP contribution in [0.1, 0.15) is 30.7 Å². The molecule has 1 aromatic rings. The quantitative estimate of drug-likeness (QED) is 0.822.